The molecule has 1 aliphatic heterocycles. The summed E-state index contributed by atoms with van der Waals surface area (Å²) >= 11 is 2.06. The lowest BCUT2D eigenvalue weighted by molar-refractivity contribution is 0.488. The van der Waals surface area contributed by atoms with Crippen molar-refractivity contribution in [2.24, 2.45) is 0 Å². The van der Waals surface area contributed by atoms with Gasteiger partial charge in [-0.2, -0.15) is 0 Å². The van der Waals surface area contributed by atoms with Gasteiger partial charge in [0.1, 0.15) is 0 Å². The predicted octanol–water partition coefficient (Wildman–Crippen LogP) is 3.98. The van der Waals surface area contributed by atoms with Gasteiger partial charge >= 0.3 is 0 Å². The first kappa shape index (κ1) is 11.6. The number of benzene rings is 1. The second-order valence-electron chi connectivity index (χ2n) is 5.43. The van der Waals surface area contributed by atoms with Crippen LogP contribution in [0.1, 0.15) is 48.4 Å². The smallest absolute Gasteiger partial charge is 0.0336 e. The highest BCUT2D eigenvalue weighted by Gasteiger charge is 2.28. The van der Waals surface area contributed by atoms with Gasteiger partial charge in [0.2, 0.25) is 0 Å². The molecule has 1 fully saturated rings. The maximum absolute atomic E-state index is 3.84. The maximum Gasteiger partial charge on any atom is 0.0336 e. The van der Waals surface area contributed by atoms with Gasteiger partial charge in [0.05, 0.1) is 0 Å². The van der Waals surface area contributed by atoms with Gasteiger partial charge < -0.3 is 5.32 Å². The monoisotopic (exact) mass is 247 g/mol. The maximum atomic E-state index is 3.84. The fourth-order valence-electron chi connectivity index (χ4n) is 2.74. The fourth-order valence-corrected chi connectivity index (χ4v) is 4.01. The number of thioether (sulfide) groups is 1. The Hall–Kier alpha value is -0.470. The van der Waals surface area contributed by atoms with E-state index >= 15 is 0 Å². The Kier molecular flexibility index (Phi) is 3.18. The molecule has 1 N–H and O–H groups in total. The molecule has 0 saturated heterocycles. The molecule has 1 aliphatic carbocycles. The Morgan fingerprint density at radius 3 is 2.65 bits per heavy atom. The fraction of sp³-hybridized carbons (Fsp3) is 0.600. The van der Waals surface area contributed by atoms with Crippen LogP contribution in [0.5, 0.6) is 0 Å². The molecule has 0 bridgehead atoms. The summed E-state index contributed by atoms with van der Waals surface area (Å²) in [5.41, 5.74) is 4.53. The normalized spacial score (nSPS) is 24.2. The molecular formula is C15H21NS. The number of hydrogen-bond acceptors (Lipinski definition) is 2. The highest BCUT2D eigenvalue weighted by molar-refractivity contribution is 7.99. The third-order valence-corrected chi connectivity index (χ3v) is 5.18. The van der Waals surface area contributed by atoms with Crippen molar-refractivity contribution in [1.82, 2.24) is 5.32 Å². The Morgan fingerprint density at radius 1 is 1.12 bits per heavy atom. The third-order valence-electron chi connectivity index (χ3n) is 3.86. The Labute approximate surface area is 108 Å². The molecule has 1 aromatic carbocycles. The first-order valence-corrected chi connectivity index (χ1v) is 7.73. The molecule has 0 amide bonds. The summed E-state index contributed by atoms with van der Waals surface area (Å²) in [6.07, 6.45) is 5.40. The number of nitrogens with one attached hydrogen (secondary N) is 1. The van der Waals surface area contributed by atoms with Gasteiger partial charge in [0.15, 0.2) is 0 Å². The summed E-state index contributed by atoms with van der Waals surface area (Å²) in [7, 11) is 0. The van der Waals surface area contributed by atoms with Crippen LogP contribution >= 0.6 is 11.8 Å². The Bertz CT molecular complexity index is 423. The Balaban J connectivity index is 1.99. The molecule has 17 heavy (non-hydrogen) atoms. The Morgan fingerprint density at radius 2 is 1.88 bits per heavy atom. The van der Waals surface area contributed by atoms with Crippen molar-refractivity contribution in [3.63, 3.8) is 0 Å². The molecule has 2 heteroatoms. The SMILES string of the molecule is Cc1ccc(C)c2c1SCCCC2NC1CC1. The topological polar surface area (TPSA) is 12.0 Å². The summed E-state index contributed by atoms with van der Waals surface area (Å²) in [5.74, 6) is 1.28. The summed E-state index contributed by atoms with van der Waals surface area (Å²) in [5, 5.41) is 3.84. The molecule has 92 valence electrons. The summed E-state index contributed by atoms with van der Waals surface area (Å²) in [6, 6.07) is 5.98. The molecule has 1 aromatic rings. The lowest BCUT2D eigenvalue weighted by atomic mass is 9.95. The minimum atomic E-state index is 0.604. The van der Waals surface area contributed by atoms with Crippen LogP contribution in [0.4, 0.5) is 0 Å². The largest absolute Gasteiger partial charge is 0.307 e. The molecule has 1 atom stereocenters. The van der Waals surface area contributed by atoms with Gasteiger partial charge in [0.25, 0.3) is 0 Å². The van der Waals surface area contributed by atoms with Crippen molar-refractivity contribution in [2.45, 2.75) is 56.5 Å². The molecular weight excluding hydrogens is 226 g/mol. The lowest BCUT2D eigenvalue weighted by Gasteiger charge is -2.22. The van der Waals surface area contributed by atoms with Crippen molar-refractivity contribution in [2.75, 3.05) is 5.75 Å². The molecule has 1 nitrogen and oxygen atoms in total. The van der Waals surface area contributed by atoms with Crippen molar-refractivity contribution in [3.8, 4) is 0 Å². The first-order chi connectivity index (χ1) is 8.25. The van der Waals surface area contributed by atoms with E-state index in [2.05, 4.69) is 43.1 Å². The highest BCUT2D eigenvalue weighted by atomic mass is 32.2. The van der Waals surface area contributed by atoms with E-state index in [0.717, 1.165) is 6.04 Å². The first-order valence-electron chi connectivity index (χ1n) is 6.74. The van der Waals surface area contributed by atoms with Crippen LogP contribution in [0.3, 0.4) is 0 Å². The quantitative estimate of drug-likeness (QED) is 0.848. The van der Waals surface area contributed by atoms with Crippen LogP contribution in [0, 0.1) is 13.8 Å². The molecule has 2 aliphatic rings. The van der Waals surface area contributed by atoms with Gasteiger partial charge in [-0.25, -0.2) is 0 Å². The number of fused-ring (bicyclic) bond motifs is 1. The average molecular weight is 247 g/mol. The van der Waals surface area contributed by atoms with Gasteiger partial charge in [-0.3, -0.25) is 0 Å². The minimum Gasteiger partial charge on any atom is -0.307 e. The summed E-state index contributed by atoms with van der Waals surface area (Å²) in [4.78, 5) is 1.56. The molecule has 1 heterocycles. The minimum absolute atomic E-state index is 0.604. The molecule has 1 unspecified atom stereocenters. The molecule has 0 aromatic heterocycles. The van der Waals surface area contributed by atoms with E-state index in [1.54, 1.807) is 10.5 Å². The van der Waals surface area contributed by atoms with Gasteiger partial charge in [0, 0.05) is 17.0 Å². The van der Waals surface area contributed by atoms with Gasteiger partial charge in [-0.15, -0.1) is 11.8 Å². The third kappa shape index (κ3) is 2.38. The van der Waals surface area contributed by atoms with Crippen LogP contribution in [0.15, 0.2) is 17.0 Å². The van der Waals surface area contributed by atoms with E-state index in [4.69, 9.17) is 0 Å². The molecule has 0 spiro atoms. The zero-order valence-corrected chi connectivity index (χ0v) is 11.6. The number of rotatable bonds is 2. The van der Waals surface area contributed by atoms with Crippen LogP contribution in [-0.2, 0) is 0 Å². The van der Waals surface area contributed by atoms with E-state index in [1.807, 2.05) is 0 Å². The van der Waals surface area contributed by atoms with E-state index in [1.165, 1.54) is 42.6 Å². The van der Waals surface area contributed by atoms with E-state index in [-0.39, 0.29) is 0 Å². The van der Waals surface area contributed by atoms with Crippen molar-refractivity contribution in [3.05, 3.63) is 28.8 Å². The molecule has 3 rings (SSSR count). The zero-order chi connectivity index (χ0) is 11.8. The van der Waals surface area contributed by atoms with Crippen molar-refractivity contribution >= 4 is 11.8 Å². The molecule has 1 saturated carbocycles. The average Bonchev–Trinajstić information content (AvgIpc) is 3.12. The van der Waals surface area contributed by atoms with Gasteiger partial charge in [-0.05, 0) is 62.0 Å². The standard InChI is InChI=1S/C15H21NS/c1-10-5-6-11(2)15-14(10)13(4-3-9-17-15)16-12-7-8-12/h5-6,12-13,16H,3-4,7-9H2,1-2H3. The van der Waals surface area contributed by atoms with Gasteiger partial charge in [-0.1, -0.05) is 12.1 Å². The van der Waals surface area contributed by atoms with Crippen LogP contribution < -0.4 is 5.32 Å². The number of hydrogen-bond donors (Lipinski definition) is 1. The number of aryl methyl sites for hydroxylation is 2. The van der Waals surface area contributed by atoms with Crippen LogP contribution in [-0.4, -0.2) is 11.8 Å². The van der Waals surface area contributed by atoms with Crippen molar-refractivity contribution < 1.29 is 0 Å². The summed E-state index contributed by atoms with van der Waals surface area (Å²) in [6.45, 7) is 4.52. The highest BCUT2D eigenvalue weighted by Crippen LogP contribution is 2.40. The predicted molar refractivity (Wildman–Crippen MR) is 74.8 cm³/mol. The molecule has 0 radical (unpaired) electrons. The summed E-state index contributed by atoms with van der Waals surface area (Å²) < 4.78 is 0. The van der Waals surface area contributed by atoms with Crippen molar-refractivity contribution in [1.29, 1.82) is 0 Å². The lowest BCUT2D eigenvalue weighted by Crippen LogP contribution is -2.24. The van der Waals surface area contributed by atoms with Crippen LogP contribution in [0.2, 0.25) is 0 Å². The van der Waals surface area contributed by atoms with E-state index in [0.29, 0.717) is 6.04 Å². The second-order valence-corrected chi connectivity index (χ2v) is 6.53. The van der Waals surface area contributed by atoms with E-state index < -0.39 is 0 Å². The van der Waals surface area contributed by atoms with Crippen LogP contribution in [0.25, 0.3) is 0 Å². The second kappa shape index (κ2) is 4.66. The zero-order valence-electron chi connectivity index (χ0n) is 10.8. The van der Waals surface area contributed by atoms with E-state index in [9.17, 15) is 0 Å².